The van der Waals surface area contributed by atoms with Crippen molar-refractivity contribution < 1.29 is 19.7 Å². The molecule has 1 aromatic rings. The number of aromatic carboxylic acids is 1. The Morgan fingerprint density at radius 2 is 2.10 bits per heavy atom. The van der Waals surface area contributed by atoms with Gasteiger partial charge in [0, 0.05) is 19.7 Å². The normalized spacial score (nSPS) is 19.8. The van der Waals surface area contributed by atoms with Gasteiger partial charge in [-0.15, -0.1) is 0 Å². The standard InChI is InChI=1S/C15H21NO4/c17-11-12-2-1-7-16(10-12)8-9-20-14-5-3-13(4-6-14)15(18)19/h3-6,12,17H,1-2,7-11H2,(H,18,19). The molecule has 5 nitrogen and oxygen atoms in total. The minimum atomic E-state index is -0.931. The third kappa shape index (κ3) is 4.21. The largest absolute Gasteiger partial charge is 0.492 e. The number of hydrogen-bond acceptors (Lipinski definition) is 4. The number of ether oxygens (including phenoxy) is 1. The maximum atomic E-state index is 10.7. The number of likely N-dealkylation sites (tertiary alicyclic amines) is 1. The molecule has 0 spiro atoms. The molecule has 0 amide bonds. The highest BCUT2D eigenvalue weighted by atomic mass is 16.5. The zero-order valence-corrected chi connectivity index (χ0v) is 11.5. The number of carbonyl (C=O) groups is 1. The molecule has 1 unspecified atom stereocenters. The second-order valence-corrected chi connectivity index (χ2v) is 5.17. The van der Waals surface area contributed by atoms with Gasteiger partial charge in [-0.05, 0) is 49.6 Å². The first-order chi connectivity index (χ1) is 9.69. The van der Waals surface area contributed by atoms with Crippen molar-refractivity contribution in [2.75, 3.05) is 32.8 Å². The quantitative estimate of drug-likeness (QED) is 0.825. The highest BCUT2D eigenvalue weighted by Gasteiger charge is 2.18. The highest BCUT2D eigenvalue weighted by molar-refractivity contribution is 5.87. The summed E-state index contributed by atoms with van der Waals surface area (Å²) < 4.78 is 5.62. The molecule has 1 aliphatic rings. The lowest BCUT2D eigenvalue weighted by molar-refractivity contribution is 0.0697. The van der Waals surface area contributed by atoms with Crippen LogP contribution in [0.3, 0.4) is 0 Å². The number of nitrogens with zero attached hydrogens (tertiary/aromatic N) is 1. The van der Waals surface area contributed by atoms with Gasteiger partial charge in [0.1, 0.15) is 12.4 Å². The monoisotopic (exact) mass is 279 g/mol. The number of aliphatic hydroxyl groups excluding tert-OH is 1. The van der Waals surface area contributed by atoms with Gasteiger partial charge in [-0.3, -0.25) is 4.90 Å². The van der Waals surface area contributed by atoms with Crippen LogP contribution in [-0.2, 0) is 0 Å². The maximum absolute atomic E-state index is 10.7. The second-order valence-electron chi connectivity index (χ2n) is 5.17. The molecule has 1 fully saturated rings. The van der Waals surface area contributed by atoms with E-state index in [1.807, 2.05) is 0 Å². The lowest BCUT2D eigenvalue weighted by atomic mass is 9.99. The Morgan fingerprint density at radius 1 is 1.35 bits per heavy atom. The van der Waals surface area contributed by atoms with Gasteiger partial charge in [0.05, 0.1) is 5.56 Å². The number of rotatable bonds is 6. The van der Waals surface area contributed by atoms with Crippen LogP contribution >= 0.6 is 0 Å². The Bertz CT molecular complexity index is 432. The van der Waals surface area contributed by atoms with Gasteiger partial charge in [0.15, 0.2) is 0 Å². The summed E-state index contributed by atoms with van der Waals surface area (Å²) in [5.74, 6) is 0.143. The summed E-state index contributed by atoms with van der Waals surface area (Å²) in [6.07, 6.45) is 2.23. The summed E-state index contributed by atoms with van der Waals surface area (Å²) in [6, 6.07) is 6.44. The Hall–Kier alpha value is -1.59. The van der Waals surface area contributed by atoms with Crippen molar-refractivity contribution in [2.45, 2.75) is 12.8 Å². The zero-order valence-electron chi connectivity index (χ0n) is 11.5. The fraction of sp³-hybridized carbons (Fsp3) is 0.533. The molecular weight excluding hydrogens is 258 g/mol. The number of benzene rings is 1. The van der Waals surface area contributed by atoms with Crippen LogP contribution in [0, 0.1) is 5.92 Å². The minimum absolute atomic E-state index is 0.258. The average molecular weight is 279 g/mol. The predicted octanol–water partition coefficient (Wildman–Crippen LogP) is 1.47. The van der Waals surface area contributed by atoms with Gasteiger partial charge >= 0.3 is 5.97 Å². The Morgan fingerprint density at radius 3 is 2.75 bits per heavy atom. The third-order valence-electron chi connectivity index (χ3n) is 3.64. The first kappa shape index (κ1) is 14.8. The van der Waals surface area contributed by atoms with Crippen molar-refractivity contribution in [3.05, 3.63) is 29.8 Å². The zero-order chi connectivity index (χ0) is 14.4. The third-order valence-corrected chi connectivity index (χ3v) is 3.64. The van der Waals surface area contributed by atoms with Crippen molar-refractivity contribution in [3.63, 3.8) is 0 Å². The summed E-state index contributed by atoms with van der Waals surface area (Å²) in [6.45, 7) is 3.64. The van der Waals surface area contributed by atoms with E-state index in [1.165, 1.54) is 0 Å². The van der Waals surface area contributed by atoms with Crippen molar-refractivity contribution >= 4 is 5.97 Å². The van der Waals surface area contributed by atoms with Crippen LogP contribution in [-0.4, -0.2) is 53.9 Å². The predicted molar refractivity (Wildman–Crippen MR) is 75.1 cm³/mol. The summed E-state index contributed by atoms with van der Waals surface area (Å²) >= 11 is 0. The van der Waals surface area contributed by atoms with E-state index >= 15 is 0 Å². The number of carboxylic acids is 1. The van der Waals surface area contributed by atoms with Gasteiger partial charge in [-0.2, -0.15) is 0 Å². The molecule has 5 heteroatoms. The first-order valence-electron chi connectivity index (χ1n) is 6.98. The van der Waals surface area contributed by atoms with E-state index in [0.29, 0.717) is 18.3 Å². The van der Waals surface area contributed by atoms with Crippen LogP contribution in [0.5, 0.6) is 5.75 Å². The lowest BCUT2D eigenvalue weighted by Gasteiger charge is -2.31. The molecule has 110 valence electrons. The molecule has 0 aromatic heterocycles. The molecule has 0 saturated carbocycles. The number of carboxylic acid groups (broad SMARTS) is 1. The highest BCUT2D eigenvalue weighted by Crippen LogP contribution is 2.16. The summed E-state index contributed by atoms with van der Waals surface area (Å²) in [5.41, 5.74) is 0.263. The Kier molecular flexibility index (Phi) is 5.38. The van der Waals surface area contributed by atoms with Gasteiger partial charge in [-0.25, -0.2) is 4.79 Å². The van der Waals surface area contributed by atoms with Crippen LogP contribution in [0.15, 0.2) is 24.3 Å². The molecule has 1 heterocycles. The molecule has 1 aromatic carbocycles. The maximum Gasteiger partial charge on any atom is 0.335 e. The Labute approximate surface area is 118 Å². The van der Waals surface area contributed by atoms with Crippen molar-refractivity contribution in [3.8, 4) is 5.75 Å². The van der Waals surface area contributed by atoms with Crippen molar-refractivity contribution in [2.24, 2.45) is 5.92 Å². The van der Waals surface area contributed by atoms with E-state index in [2.05, 4.69) is 4.90 Å². The molecule has 1 atom stereocenters. The van der Waals surface area contributed by atoms with Gasteiger partial charge in [0.25, 0.3) is 0 Å². The Balaban J connectivity index is 1.74. The van der Waals surface area contributed by atoms with E-state index < -0.39 is 5.97 Å². The molecule has 1 saturated heterocycles. The SMILES string of the molecule is O=C(O)c1ccc(OCCN2CCCC(CO)C2)cc1. The molecule has 0 aliphatic carbocycles. The summed E-state index contributed by atoms with van der Waals surface area (Å²) in [7, 11) is 0. The van der Waals surface area contributed by atoms with Crippen molar-refractivity contribution in [1.82, 2.24) is 4.90 Å². The molecule has 0 bridgehead atoms. The molecule has 20 heavy (non-hydrogen) atoms. The van der Waals surface area contributed by atoms with Crippen LogP contribution in [0.2, 0.25) is 0 Å². The molecule has 1 aliphatic heterocycles. The summed E-state index contributed by atoms with van der Waals surface area (Å²) in [4.78, 5) is 13.0. The number of piperidine rings is 1. The fourth-order valence-corrected chi connectivity index (χ4v) is 2.49. The van der Waals surface area contributed by atoms with E-state index in [-0.39, 0.29) is 12.2 Å². The van der Waals surface area contributed by atoms with E-state index in [1.54, 1.807) is 24.3 Å². The van der Waals surface area contributed by atoms with Crippen LogP contribution in [0.4, 0.5) is 0 Å². The van der Waals surface area contributed by atoms with Gasteiger partial charge in [0.2, 0.25) is 0 Å². The topological polar surface area (TPSA) is 70.0 Å². The van der Waals surface area contributed by atoms with Crippen LogP contribution in [0.25, 0.3) is 0 Å². The number of hydrogen-bond donors (Lipinski definition) is 2. The summed E-state index contributed by atoms with van der Waals surface area (Å²) in [5, 5.41) is 18.0. The molecular formula is C15H21NO4. The smallest absolute Gasteiger partial charge is 0.335 e. The minimum Gasteiger partial charge on any atom is -0.492 e. The lowest BCUT2D eigenvalue weighted by Crippen LogP contribution is -2.39. The van der Waals surface area contributed by atoms with Crippen LogP contribution < -0.4 is 4.74 Å². The number of aliphatic hydroxyl groups is 1. The van der Waals surface area contributed by atoms with Gasteiger partial charge < -0.3 is 14.9 Å². The molecule has 2 N–H and O–H groups in total. The first-order valence-corrected chi connectivity index (χ1v) is 6.98. The van der Waals surface area contributed by atoms with Crippen molar-refractivity contribution in [1.29, 1.82) is 0 Å². The van der Waals surface area contributed by atoms with E-state index in [9.17, 15) is 9.90 Å². The molecule has 0 radical (unpaired) electrons. The van der Waals surface area contributed by atoms with Gasteiger partial charge in [-0.1, -0.05) is 0 Å². The fourth-order valence-electron chi connectivity index (χ4n) is 2.49. The van der Waals surface area contributed by atoms with E-state index in [0.717, 1.165) is 32.5 Å². The second kappa shape index (κ2) is 7.26. The molecule has 2 rings (SSSR count). The van der Waals surface area contributed by atoms with E-state index in [4.69, 9.17) is 9.84 Å². The average Bonchev–Trinajstić information content (AvgIpc) is 2.48. The van der Waals surface area contributed by atoms with Crippen LogP contribution in [0.1, 0.15) is 23.2 Å².